The molecule has 4 atom stereocenters. The van der Waals surface area contributed by atoms with Crippen molar-refractivity contribution in [3.05, 3.63) is 12.7 Å². The van der Waals surface area contributed by atoms with Crippen LogP contribution in [0.3, 0.4) is 0 Å². The molecule has 2 aliphatic rings. The number of amides is 6. The van der Waals surface area contributed by atoms with E-state index in [1.807, 2.05) is 41.5 Å². The molecular formula is C33H54Cl2N6O6. The summed E-state index contributed by atoms with van der Waals surface area (Å²) in [6.07, 6.45) is 6.65. The molecule has 0 bridgehead atoms. The molecular weight excluding hydrogens is 647 g/mol. The normalized spacial score (nSPS) is 20.1. The minimum absolute atomic E-state index is 0.0302. The molecule has 14 heteroatoms. The molecule has 2 fully saturated rings. The van der Waals surface area contributed by atoms with Crippen LogP contribution in [0.5, 0.6) is 0 Å². The molecule has 1 aliphatic carbocycles. The molecule has 3 unspecified atom stereocenters. The quantitative estimate of drug-likeness (QED) is 0.106. The van der Waals surface area contributed by atoms with E-state index in [0.29, 0.717) is 12.8 Å². The Morgan fingerprint density at radius 2 is 1.51 bits per heavy atom. The topological polar surface area (TPSA) is 166 Å². The Bertz CT molecular complexity index is 1150. The van der Waals surface area contributed by atoms with Crippen LogP contribution in [0.4, 0.5) is 4.79 Å². The van der Waals surface area contributed by atoms with Gasteiger partial charge in [0.15, 0.2) is 0 Å². The van der Waals surface area contributed by atoms with Crippen LogP contribution in [0.15, 0.2) is 12.7 Å². The van der Waals surface area contributed by atoms with E-state index in [4.69, 9.17) is 23.2 Å². The van der Waals surface area contributed by atoms with Crippen molar-refractivity contribution in [2.45, 2.75) is 133 Å². The van der Waals surface area contributed by atoms with E-state index in [-0.39, 0.29) is 37.8 Å². The van der Waals surface area contributed by atoms with E-state index in [1.54, 1.807) is 6.08 Å². The van der Waals surface area contributed by atoms with Crippen LogP contribution in [-0.2, 0) is 24.0 Å². The molecule has 1 saturated heterocycles. The fraction of sp³-hybridized carbons (Fsp3) is 0.758. The summed E-state index contributed by atoms with van der Waals surface area (Å²) in [5.74, 6) is -3.99. The van der Waals surface area contributed by atoms with Gasteiger partial charge in [0.2, 0.25) is 23.5 Å². The van der Waals surface area contributed by atoms with Crippen LogP contribution < -0.4 is 26.6 Å². The SMILES string of the molecule is C=CCCC(NC(=O)[C@@H]1C(C(Cl)Cl)CCN1C(=O)C(NC(=O)NC(C)(C)C)C1CCCCC1)C(=O)C(=O)NCCC(=O)NC(C)(C)C. The maximum absolute atomic E-state index is 14.2. The van der Waals surface area contributed by atoms with Crippen molar-refractivity contribution >= 4 is 58.6 Å². The summed E-state index contributed by atoms with van der Waals surface area (Å²) >= 11 is 12.6. The fourth-order valence-electron chi connectivity index (χ4n) is 6.03. The van der Waals surface area contributed by atoms with Crippen molar-refractivity contribution < 1.29 is 28.8 Å². The molecule has 6 amide bonds. The predicted octanol–water partition coefficient (Wildman–Crippen LogP) is 3.49. The highest BCUT2D eigenvalue weighted by molar-refractivity contribution is 6.44. The van der Waals surface area contributed by atoms with E-state index >= 15 is 0 Å². The van der Waals surface area contributed by atoms with Gasteiger partial charge in [-0.3, -0.25) is 24.0 Å². The summed E-state index contributed by atoms with van der Waals surface area (Å²) in [4.78, 5) is 79.7. The molecule has 0 radical (unpaired) electrons. The van der Waals surface area contributed by atoms with Crippen molar-refractivity contribution in [1.29, 1.82) is 0 Å². The summed E-state index contributed by atoms with van der Waals surface area (Å²) in [5, 5.41) is 13.6. The number of nitrogens with one attached hydrogen (secondary N) is 5. The molecule has 1 aliphatic heterocycles. The number of carbonyl (C=O) groups excluding carboxylic acids is 6. The van der Waals surface area contributed by atoms with Crippen molar-refractivity contribution in [2.24, 2.45) is 11.8 Å². The van der Waals surface area contributed by atoms with E-state index < -0.39 is 69.5 Å². The molecule has 47 heavy (non-hydrogen) atoms. The lowest BCUT2D eigenvalue weighted by Crippen LogP contribution is -2.61. The Labute approximate surface area is 289 Å². The van der Waals surface area contributed by atoms with Gasteiger partial charge in [-0.25, -0.2) is 4.79 Å². The van der Waals surface area contributed by atoms with Crippen molar-refractivity contribution in [3.63, 3.8) is 0 Å². The van der Waals surface area contributed by atoms with Gasteiger partial charge in [0, 0.05) is 36.5 Å². The number of ketones is 1. The van der Waals surface area contributed by atoms with Crippen LogP contribution in [0.25, 0.3) is 0 Å². The molecule has 1 saturated carbocycles. The third kappa shape index (κ3) is 13.3. The first kappa shape index (κ1) is 40.3. The highest BCUT2D eigenvalue weighted by atomic mass is 35.5. The molecule has 266 valence electrons. The summed E-state index contributed by atoms with van der Waals surface area (Å²) in [5.41, 5.74) is -0.977. The van der Waals surface area contributed by atoms with Gasteiger partial charge in [-0.2, -0.15) is 0 Å². The molecule has 0 aromatic carbocycles. The first-order chi connectivity index (χ1) is 21.8. The smallest absolute Gasteiger partial charge is 0.315 e. The molecule has 0 aromatic heterocycles. The molecule has 1 heterocycles. The van der Waals surface area contributed by atoms with Gasteiger partial charge < -0.3 is 31.5 Å². The number of hydrogen-bond donors (Lipinski definition) is 5. The number of nitrogens with zero attached hydrogens (tertiary/aromatic N) is 1. The minimum atomic E-state index is -1.23. The van der Waals surface area contributed by atoms with Crippen LogP contribution >= 0.6 is 23.2 Å². The lowest BCUT2D eigenvalue weighted by molar-refractivity contribution is -0.144. The number of halogens is 2. The van der Waals surface area contributed by atoms with E-state index in [0.717, 1.165) is 32.1 Å². The average Bonchev–Trinajstić information content (AvgIpc) is 3.42. The number of likely N-dealkylation sites (tertiary alicyclic amines) is 1. The number of allylic oxidation sites excluding steroid dienone is 1. The second kappa shape index (κ2) is 18.1. The van der Waals surface area contributed by atoms with Crippen molar-refractivity contribution in [3.8, 4) is 0 Å². The van der Waals surface area contributed by atoms with Crippen molar-refractivity contribution in [1.82, 2.24) is 31.5 Å². The zero-order chi connectivity index (χ0) is 35.5. The van der Waals surface area contributed by atoms with Gasteiger partial charge >= 0.3 is 6.03 Å². The second-order valence-electron chi connectivity index (χ2n) is 14.6. The fourth-order valence-corrected chi connectivity index (χ4v) is 6.56. The van der Waals surface area contributed by atoms with E-state index in [2.05, 4.69) is 33.2 Å². The Kier molecular flexibility index (Phi) is 15.5. The Balaban J connectivity index is 2.26. The van der Waals surface area contributed by atoms with Gasteiger partial charge in [0.05, 0.1) is 6.04 Å². The maximum atomic E-state index is 14.2. The lowest BCUT2D eigenvalue weighted by atomic mass is 9.83. The monoisotopic (exact) mass is 700 g/mol. The number of urea groups is 1. The average molecular weight is 702 g/mol. The van der Waals surface area contributed by atoms with Crippen LogP contribution in [0.2, 0.25) is 0 Å². The highest BCUT2D eigenvalue weighted by Crippen LogP contribution is 2.35. The summed E-state index contributed by atoms with van der Waals surface area (Å²) in [6, 6.07) is -3.72. The minimum Gasteiger partial charge on any atom is -0.351 e. The largest absolute Gasteiger partial charge is 0.351 e. The first-order valence-corrected chi connectivity index (χ1v) is 17.4. The third-order valence-electron chi connectivity index (χ3n) is 8.15. The Morgan fingerprint density at radius 3 is 2.06 bits per heavy atom. The number of Topliss-reactive ketones (excluding diaryl/α,β-unsaturated/α-hetero) is 1. The second-order valence-corrected chi connectivity index (χ2v) is 15.7. The molecule has 0 aromatic rings. The highest BCUT2D eigenvalue weighted by Gasteiger charge is 2.48. The number of rotatable bonds is 14. The zero-order valence-electron chi connectivity index (χ0n) is 28.7. The lowest BCUT2D eigenvalue weighted by Gasteiger charge is -2.36. The number of alkyl halides is 2. The number of carbonyl (C=O) groups is 6. The Morgan fingerprint density at radius 1 is 0.894 bits per heavy atom. The maximum Gasteiger partial charge on any atom is 0.315 e. The summed E-state index contributed by atoms with van der Waals surface area (Å²) < 4.78 is 0. The molecule has 2 rings (SSSR count). The van der Waals surface area contributed by atoms with Crippen molar-refractivity contribution in [2.75, 3.05) is 13.1 Å². The summed E-state index contributed by atoms with van der Waals surface area (Å²) in [6.45, 7) is 14.8. The zero-order valence-corrected chi connectivity index (χ0v) is 30.2. The van der Waals surface area contributed by atoms with Crippen LogP contribution in [-0.4, -0.2) is 87.5 Å². The van der Waals surface area contributed by atoms with Gasteiger partial charge in [0.25, 0.3) is 5.91 Å². The van der Waals surface area contributed by atoms with Gasteiger partial charge in [-0.1, -0.05) is 25.3 Å². The predicted molar refractivity (Wildman–Crippen MR) is 183 cm³/mol. The third-order valence-corrected chi connectivity index (χ3v) is 8.80. The van der Waals surface area contributed by atoms with Crippen LogP contribution in [0, 0.1) is 11.8 Å². The number of hydrogen-bond acceptors (Lipinski definition) is 6. The van der Waals surface area contributed by atoms with E-state index in [1.165, 1.54) is 4.90 Å². The molecule has 12 nitrogen and oxygen atoms in total. The standard InChI is InChI=1S/C33H54Cl2N6O6/c1-8-9-15-22(26(43)29(45)36-18-16-23(42)39-32(2,3)4)37-28(44)25-21(27(34)35)17-19-41(25)30(46)24(20-13-11-10-12-14-20)38-31(47)40-33(5,6)7/h8,20-22,24-25,27H,1,9-19H2,2-7H3,(H,36,45)(H,37,44)(H,39,42)(H2,38,40,47)/t21?,22?,24?,25-/m0/s1. The first-order valence-electron chi connectivity index (χ1n) is 16.6. The van der Waals surface area contributed by atoms with Crippen LogP contribution in [0.1, 0.15) is 99.3 Å². The summed E-state index contributed by atoms with van der Waals surface area (Å²) in [7, 11) is 0. The van der Waals surface area contributed by atoms with E-state index in [9.17, 15) is 28.8 Å². The molecule has 0 spiro atoms. The van der Waals surface area contributed by atoms with Gasteiger partial charge in [-0.05, 0) is 79.6 Å². The Hall–Kier alpha value is -2.86. The van der Waals surface area contributed by atoms with Gasteiger partial charge in [0.1, 0.15) is 16.9 Å². The molecule has 5 N–H and O–H groups in total. The van der Waals surface area contributed by atoms with Gasteiger partial charge in [-0.15, -0.1) is 29.8 Å².